The summed E-state index contributed by atoms with van der Waals surface area (Å²) in [5.41, 5.74) is 3.17. The molecule has 2 N–H and O–H groups in total. The number of rotatable bonds is 8. The lowest BCUT2D eigenvalue weighted by atomic mass is 9.96. The highest BCUT2D eigenvalue weighted by Gasteiger charge is 2.36. The molecule has 0 unspecified atom stereocenters. The first-order valence-electron chi connectivity index (χ1n) is 13.6. The Bertz CT molecular complexity index is 1210. The minimum atomic E-state index is -0.809. The molecule has 8 heteroatoms. The molecule has 3 aromatic carbocycles. The molecule has 2 fully saturated rings. The van der Waals surface area contributed by atoms with Gasteiger partial charge in [0, 0.05) is 45.0 Å². The van der Waals surface area contributed by atoms with Gasteiger partial charge in [0.2, 0.25) is 17.7 Å². The van der Waals surface area contributed by atoms with Gasteiger partial charge < -0.3 is 15.5 Å². The zero-order chi connectivity index (χ0) is 27.0. The maximum Gasteiger partial charge on any atom is 0.243 e. The molecule has 0 bridgehead atoms. The Morgan fingerprint density at radius 2 is 1.36 bits per heavy atom. The molecule has 3 aromatic rings. The van der Waals surface area contributed by atoms with Gasteiger partial charge in [-0.2, -0.15) is 0 Å². The average Bonchev–Trinajstić information content (AvgIpc) is 2.97. The number of hydrogen-bond donors (Lipinski definition) is 2. The average molecular weight is 526 g/mol. The van der Waals surface area contributed by atoms with Gasteiger partial charge >= 0.3 is 0 Å². The summed E-state index contributed by atoms with van der Waals surface area (Å²) in [5, 5.41) is 5.63. The Balaban J connectivity index is 1.19. The van der Waals surface area contributed by atoms with Crippen molar-refractivity contribution in [2.45, 2.75) is 18.5 Å². The number of nitrogens with zero attached hydrogens (tertiary/aromatic N) is 3. The van der Waals surface area contributed by atoms with Crippen LogP contribution in [-0.4, -0.2) is 84.3 Å². The summed E-state index contributed by atoms with van der Waals surface area (Å²) in [5.74, 6) is -0.683. The van der Waals surface area contributed by atoms with Crippen molar-refractivity contribution >= 4 is 23.4 Å². The number of anilines is 1. The number of carbonyl (C=O) groups excluding carboxylic acids is 3. The normalized spacial score (nSPS) is 18.5. The van der Waals surface area contributed by atoms with E-state index in [2.05, 4.69) is 69.0 Å². The molecule has 2 aliphatic heterocycles. The highest BCUT2D eigenvalue weighted by Crippen LogP contribution is 2.29. The van der Waals surface area contributed by atoms with E-state index in [-0.39, 0.29) is 36.7 Å². The molecule has 0 spiro atoms. The van der Waals surface area contributed by atoms with Gasteiger partial charge in [-0.15, -0.1) is 0 Å². The van der Waals surface area contributed by atoms with Gasteiger partial charge in [-0.05, 0) is 23.3 Å². The molecule has 0 saturated carbocycles. The van der Waals surface area contributed by atoms with Gasteiger partial charge in [0.25, 0.3) is 0 Å². The van der Waals surface area contributed by atoms with Gasteiger partial charge in [0.1, 0.15) is 6.04 Å². The Morgan fingerprint density at radius 3 is 1.95 bits per heavy atom. The molecule has 39 heavy (non-hydrogen) atoms. The van der Waals surface area contributed by atoms with Crippen LogP contribution in [0.15, 0.2) is 91.0 Å². The van der Waals surface area contributed by atoms with Crippen molar-refractivity contribution in [1.82, 2.24) is 20.0 Å². The molecule has 2 aliphatic rings. The summed E-state index contributed by atoms with van der Waals surface area (Å²) in [6, 6.07) is 29.5. The predicted molar refractivity (Wildman–Crippen MR) is 151 cm³/mol. The summed E-state index contributed by atoms with van der Waals surface area (Å²) >= 11 is 0. The van der Waals surface area contributed by atoms with E-state index in [1.807, 2.05) is 30.3 Å². The second-order valence-corrected chi connectivity index (χ2v) is 10.0. The van der Waals surface area contributed by atoms with E-state index in [0.717, 1.165) is 26.2 Å². The lowest BCUT2D eigenvalue weighted by Gasteiger charge is -2.41. The largest absolute Gasteiger partial charge is 0.353 e. The van der Waals surface area contributed by atoms with E-state index in [1.54, 1.807) is 17.0 Å². The molecule has 1 atom stereocenters. The summed E-state index contributed by atoms with van der Waals surface area (Å²) in [7, 11) is 0. The van der Waals surface area contributed by atoms with Gasteiger partial charge in [-0.1, -0.05) is 78.9 Å². The second-order valence-electron chi connectivity index (χ2n) is 10.0. The third kappa shape index (κ3) is 6.71. The van der Waals surface area contributed by atoms with Crippen LogP contribution in [0.5, 0.6) is 0 Å². The number of amides is 3. The van der Waals surface area contributed by atoms with E-state index in [4.69, 9.17) is 0 Å². The molecular formula is C31H35N5O3. The Labute approximate surface area is 229 Å². The lowest BCUT2D eigenvalue weighted by molar-refractivity contribution is -0.145. The maximum atomic E-state index is 13.4. The molecule has 202 valence electrons. The molecule has 0 aliphatic carbocycles. The van der Waals surface area contributed by atoms with Crippen LogP contribution in [0, 0.1) is 0 Å². The molecular weight excluding hydrogens is 490 g/mol. The van der Waals surface area contributed by atoms with Gasteiger partial charge in [-0.25, -0.2) is 0 Å². The fourth-order valence-corrected chi connectivity index (χ4v) is 5.47. The number of piperazine rings is 2. The topological polar surface area (TPSA) is 85.0 Å². The van der Waals surface area contributed by atoms with Crippen molar-refractivity contribution in [1.29, 1.82) is 0 Å². The van der Waals surface area contributed by atoms with Crippen LogP contribution < -0.4 is 10.6 Å². The number of nitrogens with one attached hydrogen (secondary N) is 2. The number of para-hydroxylation sites is 1. The number of carbonyl (C=O) groups is 3. The van der Waals surface area contributed by atoms with E-state index in [9.17, 15) is 14.4 Å². The predicted octanol–water partition coefficient (Wildman–Crippen LogP) is 2.75. The summed E-state index contributed by atoms with van der Waals surface area (Å²) in [6.07, 6.45) is -0.0733. The van der Waals surface area contributed by atoms with Crippen molar-refractivity contribution < 1.29 is 14.4 Å². The van der Waals surface area contributed by atoms with Gasteiger partial charge in [-0.3, -0.25) is 24.2 Å². The van der Waals surface area contributed by atoms with Crippen LogP contribution in [0.25, 0.3) is 0 Å². The van der Waals surface area contributed by atoms with Crippen molar-refractivity contribution in [2.24, 2.45) is 0 Å². The lowest BCUT2D eigenvalue weighted by Crippen LogP contribution is -2.60. The first-order valence-corrected chi connectivity index (χ1v) is 13.6. The highest BCUT2D eigenvalue weighted by molar-refractivity contribution is 5.97. The first-order chi connectivity index (χ1) is 19.1. The van der Waals surface area contributed by atoms with Crippen molar-refractivity contribution in [3.05, 3.63) is 102 Å². The molecule has 0 radical (unpaired) electrons. The van der Waals surface area contributed by atoms with Crippen LogP contribution >= 0.6 is 0 Å². The number of benzene rings is 3. The molecule has 2 heterocycles. The zero-order valence-electron chi connectivity index (χ0n) is 22.0. The fourth-order valence-electron chi connectivity index (χ4n) is 5.47. The SMILES string of the molecule is O=C(C[C@H]1C(=O)NCCN1C(=O)CN1CCN(C(c2ccccc2)c2ccccc2)CC1)Nc1ccccc1. The summed E-state index contributed by atoms with van der Waals surface area (Å²) < 4.78 is 0. The van der Waals surface area contributed by atoms with Crippen LogP contribution in [0.1, 0.15) is 23.6 Å². The van der Waals surface area contributed by atoms with Crippen LogP contribution in [0.3, 0.4) is 0 Å². The quantitative estimate of drug-likeness (QED) is 0.473. The second kappa shape index (κ2) is 12.7. The summed E-state index contributed by atoms with van der Waals surface area (Å²) in [4.78, 5) is 44.9. The minimum absolute atomic E-state index is 0.0733. The zero-order valence-corrected chi connectivity index (χ0v) is 22.0. The Kier molecular flexibility index (Phi) is 8.65. The van der Waals surface area contributed by atoms with Crippen LogP contribution in [-0.2, 0) is 14.4 Å². The van der Waals surface area contributed by atoms with Crippen LogP contribution in [0.2, 0.25) is 0 Å². The monoisotopic (exact) mass is 525 g/mol. The highest BCUT2D eigenvalue weighted by atomic mass is 16.2. The molecule has 8 nitrogen and oxygen atoms in total. The maximum absolute atomic E-state index is 13.4. The standard InChI is InChI=1S/C31H35N5O3/c37-28(33-26-14-8-3-9-15-26)22-27-31(39)32-16-17-36(27)29(38)23-34-18-20-35(21-19-34)30(24-10-4-1-5-11-24)25-12-6-2-7-13-25/h1-15,27,30H,16-23H2,(H,32,39)(H,33,37)/t27-/m0/s1. The van der Waals surface area contributed by atoms with Crippen molar-refractivity contribution in [2.75, 3.05) is 51.1 Å². The first kappa shape index (κ1) is 26.6. The van der Waals surface area contributed by atoms with E-state index in [1.165, 1.54) is 11.1 Å². The van der Waals surface area contributed by atoms with E-state index < -0.39 is 6.04 Å². The molecule has 0 aromatic heterocycles. The van der Waals surface area contributed by atoms with Crippen LogP contribution in [0.4, 0.5) is 5.69 Å². The van der Waals surface area contributed by atoms with E-state index in [0.29, 0.717) is 18.8 Å². The fraction of sp³-hybridized carbons (Fsp3) is 0.323. The molecule has 5 rings (SSSR count). The smallest absolute Gasteiger partial charge is 0.243 e. The summed E-state index contributed by atoms with van der Waals surface area (Å²) in [6.45, 7) is 4.18. The molecule has 3 amide bonds. The Hall–Kier alpha value is -4.01. The third-order valence-corrected chi connectivity index (χ3v) is 7.45. The van der Waals surface area contributed by atoms with Gasteiger partial charge in [0.05, 0.1) is 19.0 Å². The van der Waals surface area contributed by atoms with E-state index >= 15 is 0 Å². The van der Waals surface area contributed by atoms with Gasteiger partial charge in [0.15, 0.2) is 0 Å². The minimum Gasteiger partial charge on any atom is -0.353 e. The third-order valence-electron chi connectivity index (χ3n) is 7.45. The van der Waals surface area contributed by atoms with Crippen molar-refractivity contribution in [3.8, 4) is 0 Å². The Morgan fingerprint density at radius 1 is 0.795 bits per heavy atom. The van der Waals surface area contributed by atoms with Crippen molar-refractivity contribution in [3.63, 3.8) is 0 Å². The number of hydrogen-bond acceptors (Lipinski definition) is 5. The molecule has 2 saturated heterocycles.